The number of carbonyl (C=O) groups is 1. The summed E-state index contributed by atoms with van der Waals surface area (Å²) in [7, 11) is 0. The van der Waals surface area contributed by atoms with Crippen LogP contribution in [0.4, 0.5) is 13.2 Å². The van der Waals surface area contributed by atoms with E-state index in [4.69, 9.17) is 11.6 Å². The third-order valence-electron chi connectivity index (χ3n) is 6.59. The van der Waals surface area contributed by atoms with E-state index >= 15 is 0 Å². The molecule has 2 aliphatic rings. The number of hydrogen-bond acceptors (Lipinski definition) is 3. The zero-order chi connectivity index (χ0) is 22.8. The van der Waals surface area contributed by atoms with E-state index in [0.29, 0.717) is 24.4 Å². The Kier molecular flexibility index (Phi) is 4.96. The quantitative estimate of drug-likeness (QED) is 0.484. The fraction of sp³-hybridized carbons (Fsp3) is 0.435. The molecule has 1 fully saturated rings. The molecule has 1 saturated heterocycles. The Balaban J connectivity index is 1.72. The Morgan fingerprint density at radius 2 is 1.94 bits per heavy atom. The third-order valence-corrected chi connectivity index (χ3v) is 6.94. The molecular weight excluding hydrogens is 441 g/mol. The molecule has 2 atom stereocenters. The number of rotatable bonds is 1. The Labute approximate surface area is 188 Å². The van der Waals surface area contributed by atoms with Gasteiger partial charge >= 0.3 is 6.18 Å². The van der Waals surface area contributed by atoms with Gasteiger partial charge in [-0.05, 0) is 44.1 Å². The number of likely N-dealkylation sites (tertiary alicyclic amines) is 1. The van der Waals surface area contributed by atoms with E-state index in [9.17, 15) is 18.0 Å². The van der Waals surface area contributed by atoms with Gasteiger partial charge < -0.3 is 4.90 Å². The van der Waals surface area contributed by atoms with E-state index in [-0.39, 0.29) is 40.1 Å². The van der Waals surface area contributed by atoms with E-state index in [0.717, 1.165) is 22.9 Å². The van der Waals surface area contributed by atoms with E-state index < -0.39 is 17.8 Å². The van der Waals surface area contributed by atoms with Crippen LogP contribution in [0.25, 0.3) is 16.9 Å². The fourth-order valence-corrected chi connectivity index (χ4v) is 5.26. The number of piperidine rings is 1. The molecule has 168 valence electrons. The van der Waals surface area contributed by atoms with Gasteiger partial charge in [-0.1, -0.05) is 42.8 Å². The zero-order valence-electron chi connectivity index (χ0n) is 17.7. The maximum Gasteiger partial charge on any atom is 0.433 e. The summed E-state index contributed by atoms with van der Waals surface area (Å²) in [6.07, 6.45) is -2.36. The highest BCUT2D eigenvalue weighted by molar-refractivity contribution is 6.36. The van der Waals surface area contributed by atoms with Crippen LogP contribution in [0.1, 0.15) is 54.0 Å². The van der Waals surface area contributed by atoms with Crippen LogP contribution < -0.4 is 0 Å². The molecule has 1 aromatic carbocycles. The number of alkyl halides is 3. The van der Waals surface area contributed by atoms with Crippen molar-refractivity contribution in [2.45, 2.75) is 51.7 Å². The molecule has 1 aliphatic carbocycles. The highest BCUT2D eigenvalue weighted by Gasteiger charge is 2.41. The maximum absolute atomic E-state index is 14.3. The summed E-state index contributed by atoms with van der Waals surface area (Å²) < 4.78 is 43.5. The molecule has 5 rings (SSSR count). The van der Waals surface area contributed by atoms with Gasteiger partial charge in [0.2, 0.25) is 0 Å². The Morgan fingerprint density at radius 1 is 1.19 bits per heavy atom. The second-order valence-electron chi connectivity index (χ2n) is 8.82. The molecule has 1 aliphatic heterocycles. The van der Waals surface area contributed by atoms with Gasteiger partial charge in [-0.15, -0.1) is 0 Å². The molecule has 0 radical (unpaired) electrons. The number of halogens is 4. The lowest BCUT2D eigenvalue weighted by Gasteiger charge is -2.36. The molecule has 2 aromatic heterocycles. The van der Waals surface area contributed by atoms with E-state index in [1.807, 2.05) is 19.1 Å². The van der Waals surface area contributed by atoms with E-state index in [1.165, 1.54) is 0 Å². The maximum atomic E-state index is 14.3. The molecule has 3 heterocycles. The van der Waals surface area contributed by atoms with Crippen molar-refractivity contribution in [1.29, 1.82) is 0 Å². The summed E-state index contributed by atoms with van der Waals surface area (Å²) in [5.74, 6) is 0.0299. The Morgan fingerprint density at radius 3 is 2.66 bits per heavy atom. The van der Waals surface area contributed by atoms with Gasteiger partial charge in [0, 0.05) is 23.7 Å². The van der Waals surface area contributed by atoms with Crippen LogP contribution in [0.3, 0.4) is 0 Å². The summed E-state index contributed by atoms with van der Waals surface area (Å²) in [4.78, 5) is 19.4. The minimum Gasteiger partial charge on any atom is -0.334 e. The smallest absolute Gasteiger partial charge is 0.334 e. The van der Waals surface area contributed by atoms with Crippen molar-refractivity contribution in [1.82, 2.24) is 19.5 Å². The highest BCUT2D eigenvalue weighted by Crippen LogP contribution is 2.42. The van der Waals surface area contributed by atoms with Crippen molar-refractivity contribution >= 4 is 23.2 Å². The van der Waals surface area contributed by atoms with Gasteiger partial charge in [0.15, 0.2) is 17.0 Å². The molecule has 0 unspecified atom stereocenters. The van der Waals surface area contributed by atoms with Gasteiger partial charge in [-0.3, -0.25) is 4.79 Å². The van der Waals surface area contributed by atoms with Gasteiger partial charge in [0.1, 0.15) is 5.02 Å². The van der Waals surface area contributed by atoms with Crippen LogP contribution >= 0.6 is 11.6 Å². The molecular formula is C23H22ClF3N4O. The fourth-order valence-electron chi connectivity index (χ4n) is 5.02. The second-order valence-corrected chi connectivity index (χ2v) is 9.20. The standard InChI is InChI=1S/C23H22ClF3N4O/c1-12-9-10-30(13(2)11-12)22(32)19-17(24)21-28-18-15-6-4-3-5-14(15)7-8-16(18)20(23(25,26)27)31(21)29-19/h3-6,12-13H,7-11H2,1-2H3/t12-,13-/m1/s1. The lowest BCUT2D eigenvalue weighted by atomic mass is 9.88. The number of amides is 1. The monoisotopic (exact) mass is 462 g/mol. The number of aryl methyl sites for hydroxylation is 1. The van der Waals surface area contributed by atoms with E-state index in [2.05, 4.69) is 17.0 Å². The number of benzene rings is 1. The third kappa shape index (κ3) is 3.27. The van der Waals surface area contributed by atoms with Crippen molar-refractivity contribution in [3.63, 3.8) is 0 Å². The van der Waals surface area contributed by atoms with Crippen molar-refractivity contribution in [2.24, 2.45) is 5.92 Å². The van der Waals surface area contributed by atoms with Crippen LogP contribution in [0.5, 0.6) is 0 Å². The van der Waals surface area contributed by atoms with Crippen molar-refractivity contribution < 1.29 is 18.0 Å². The van der Waals surface area contributed by atoms with Crippen LogP contribution in [-0.2, 0) is 19.0 Å². The predicted molar refractivity (Wildman–Crippen MR) is 115 cm³/mol. The Bertz CT molecular complexity index is 1240. The SMILES string of the molecule is C[C@@H]1CCN(C(=O)c2nn3c(C(F)(F)F)c4c(nc3c2Cl)-c2ccccc2CC4)[C@H](C)C1. The molecule has 1 amide bonds. The van der Waals surface area contributed by atoms with Crippen LogP contribution in [0.15, 0.2) is 24.3 Å². The number of aromatic nitrogens is 3. The lowest BCUT2D eigenvalue weighted by Crippen LogP contribution is -2.44. The number of carbonyl (C=O) groups excluding carboxylic acids is 1. The summed E-state index contributed by atoms with van der Waals surface area (Å²) in [5.41, 5.74) is 0.708. The molecule has 32 heavy (non-hydrogen) atoms. The van der Waals surface area contributed by atoms with Crippen LogP contribution in [-0.4, -0.2) is 38.0 Å². The lowest BCUT2D eigenvalue weighted by molar-refractivity contribution is -0.143. The zero-order valence-corrected chi connectivity index (χ0v) is 18.5. The number of fused-ring (bicyclic) bond motifs is 4. The average Bonchev–Trinajstić information content (AvgIpc) is 3.06. The minimum absolute atomic E-state index is 0.0396. The van der Waals surface area contributed by atoms with Crippen molar-refractivity contribution in [3.05, 3.63) is 51.8 Å². The molecule has 0 saturated carbocycles. The molecule has 0 bridgehead atoms. The van der Waals surface area contributed by atoms with Gasteiger partial charge in [0.25, 0.3) is 5.91 Å². The number of nitrogens with zero attached hydrogens (tertiary/aromatic N) is 4. The molecule has 5 nitrogen and oxygen atoms in total. The average molecular weight is 463 g/mol. The Hall–Kier alpha value is -2.61. The first kappa shape index (κ1) is 21.2. The topological polar surface area (TPSA) is 50.5 Å². The van der Waals surface area contributed by atoms with Gasteiger partial charge in [-0.25, -0.2) is 9.50 Å². The normalized spacial score (nSPS) is 20.9. The molecule has 0 N–H and O–H groups in total. The second kappa shape index (κ2) is 7.47. The predicted octanol–water partition coefficient (Wildman–Crippen LogP) is 5.43. The molecule has 0 spiro atoms. The summed E-state index contributed by atoms with van der Waals surface area (Å²) in [5, 5.41) is 3.94. The van der Waals surface area contributed by atoms with Crippen molar-refractivity contribution in [2.75, 3.05) is 6.54 Å². The van der Waals surface area contributed by atoms with E-state index in [1.54, 1.807) is 17.0 Å². The van der Waals surface area contributed by atoms with Crippen LogP contribution in [0, 0.1) is 5.92 Å². The highest BCUT2D eigenvalue weighted by atomic mass is 35.5. The number of hydrogen-bond donors (Lipinski definition) is 0. The molecule has 9 heteroatoms. The first-order valence-corrected chi connectivity index (χ1v) is 11.1. The summed E-state index contributed by atoms with van der Waals surface area (Å²) >= 11 is 6.48. The van der Waals surface area contributed by atoms with Gasteiger partial charge in [-0.2, -0.15) is 18.3 Å². The first-order chi connectivity index (χ1) is 15.2. The largest absolute Gasteiger partial charge is 0.433 e. The molecule has 3 aromatic rings. The van der Waals surface area contributed by atoms with Crippen molar-refractivity contribution in [3.8, 4) is 11.3 Å². The van der Waals surface area contributed by atoms with Crippen LogP contribution in [0.2, 0.25) is 5.02 Å². The minimum atomic E-state index is -4.68. The van der Waals surface area contributed by atoms with Gasteiger partial charge in [0.05, 0.1) is 5.69 Å². The first-order valence-electron chi connectivity index (χ1n) is 10.7. The summed E-state index contributed by atoms with van der Waals surface area (Å²) in [6.45, 7) is 4.58. The summed E-state index contributed by atoms with van der Waals surface area (Å²) in [6, 6.07) is 7.25.